The van der Waals surface area contributed by atoms with E-state index in [9.17, 15) is 4.79 Å². The molecule has 1 aliphatic carbocycles. The number of nitrogens with zero attached hydrogens (tertiary/aromatic N) is 3. The highest BCUT2D eigenvalue weighted by Gasteiger charge is 2.31. The molecule has 2 aliphatic heterocycles. The van der Waals surface area contributed by atoms with Gasteiger partial charge in [-0.1, -0.05) is 49.9 Å². The minimum atomic E-state index is 0. The Bertz CT molecular complexity index is 756. The van der Waals surface area contributed by atoms with Crippen molar-refractivity contribution in [2.24, 2.45) is 10.9 Å². The predicted octanol–water partition coefficient (Wildman–Crippen LogP) is 4.14. The number of aliphatic imine (C=N–C) groups is 1. The van der Waals surface area contributed by atoms with Crippen LogP contribution in [0.25, 0.3) is 0 Å². The molecule has 2 saturated heterocycles. The van der Waals surface area contributed by atoms with Gasteiger partial charge < -0.3 is 15.5 Å². The van der Waals surface area contributed by atoms with Crippen molar-refractivity contribution in [2.75, 3.05) is 33.2 Å². The van der Waals surface area contributed by atoms with Crippen LogP contribution in [0.4, 0.5) is 0 Å². The molecule has 6 nitrogen and oxygen atoms in total. The van der Waals surface area contributed by atoms with Gasteiger partial charge >= 0.3 is 0 Å². The summed E-state index contributed by atoms with van der Waals surface area (Å²) in [5, 5.41) is 6.97. The summed E-state index contributed by atoms with van der Waals surface area (Å²) in [5.74, 6) is 1.46. The molecule has 0 aromatic heterocycles. The van der Waals surface area contributed by atoms with E-state index >= 15 is 0 Å². The average molecular weight is 568 g/mol. The first-order valence-corrected chi connectivity index (χ1v) is 12.8. The van der Waals surface area contributed by atoms with Crippen LogP contribution >= 0.6 is 24.0 Å². The third kappa shape index (κ3) is 7.84. The Hall–Kier alpha value is -1.35. The van der Waals surface area contributed by atoms with Crippen LogP contribution in [-0.2, 0) is 17.9 Å². The van der Waals surface area contributed by atoms with Crippen molar-refractivity contribution in [2.45, 2.75) is 76.9 Å². The van der Waals surface area contributed by atoms with Gasteiger partial charge in [0.25, 0.3) is 0 Å². The molecule has 4 rings (SSSR count). The maximum atomic E-state index is 12.8. The van der Waals surface area contributed by atoms with Crippen molar-refractivity contribution in [1.82, 2.24) is 20.4 Å². The van der Waals surface area contributed by atoms with Gasteiger partial charge in [0, 0.05) is 45.2 Å². The number of amides is 1. The first-order chi connectivity index (χ1) is 15.7. The SMILES string of the molecule is CN=C(NCc1ccc(CN2CCCCC2)cc1)NC1CCN(C(=O)C2CCCCC2)C1.I. The fraction of sp³-hybridized carbons (Fsp3) is 0.692. The lowest BCUT2D eigenvalue weighted by Gasteiger charge is -2.26. The Morgan fingerprint density at radius 3 is 2.30 bits per heavy atom. The van der Waals surface area contributed by atoms with E-state index in [1.165, 1.54) is 62.7 Å². The molecule has 1 atom stereocenters. The highest BCUT2D eigenvalue weighted by Crippen LogP contribution is 2.26. The summed E-state index contributed by atoms with van der Waals surface area (Å²) in [5.41, 5.74) is 2.66. The zero-order chi connectivity index (χ0) is 22.2. The number of likely N-dealkylation sites (tertiary alicyclic amines) is 2. The fourth-order valence-corrected chi connectivity index (χ4v) is 5.40. The first kappa shape index (κ1) is 26.3. The van der Waals surface area contributed by atoms with Crippen LogP contribution in [0.5, 0.6) is 0 Å². The molecular weight excluding hydrogens is 525 g/mol. The third-order valence-electron chi connectivity index (χ3n) is 7.36. The van der Waals surface area contributed by atoms with Gasteiger partial charge in [0.2, 0.25) is 5.91 Å². The van der Waals surface area contributed by atoms with Crippen molar-refractivity contribution < 1.29 is 4.79 Å². The van der Waals surface area contributed by atoms with Gasteiger partial charge in [0.1, 0.15) is 0 Å². The van der Waals surface area contributed by atoms with Gasteiger partial charge in [-0.05, 0) is 56.3 Å². The van der Waals surface area contributed by atoms with Crippen molar-refractivity contribution in [3.63, 3.8) is 0 Å². The summed E-state index contributed by atoms with van der Waals surface area (Å²) in [7, 11) is 1.82. The van der Waals surface area contributed by atoms with E-state index in [0.717, 1.165) is 51.4 Å². The highest BCUT2D eigenvalue weighted by molar-refractivity contribution is 14.0. The molecule has 3 fully saturated rings. The molecule has 1 unspecified atom stereocenters. The van der Waals surface area contributed by atoms with E-state index < -0.39 is 0 Å². The quantitative estimate of drug-likeness (QED) is 0.309. The number of carbonyl (C=O) groups excluding carboxylic acids is 1. The molecule has 0 bridgehead atoms. The number of hydrogen-bond donors (Lipinski definition) is 2. The number of carbonyl (C=O) groups is 1. The summed E-state index contributed by atoms with van der Waals surface area (Å²) in [6.45, 7) is 5.94. The Labute approximate surface area is 217 Å². The maximum absolute atomic E-state index is 12.8. The second kappa shape index (κ2) is 13.5. The molecule has 0 spiro atoms. The minimum absolute atomic E-state index is 0. The van der Waals surface area contributed by atoms with Gasteiger partial charge in [-0.15, -0.1) is 24.0 Å². The van der Waals surface area contributed by atoms with Gasteiger partial charge in [0.05, 0.1) is 0 Å². The molecule has 1 saturated carbocycles. The average Bonchev–Trinajstić information content (AvgIpc) is 3.32. The Balaban J connectivity index is 0.00000306. The summed E-state index contributed by atoms with van der Waals surface area (Å²) < 4.78 is 0. The first-order valence-electron chi connectivity index (χ1n) is 12.8. The molecule has 184 valence electrons. The third-order valence-corrected chi connectivity index (χ3v) is 7.36. The van der Waals surface area contributed by atoms with Gasteiger partial charge in [0.15, 0.2) is 5.96 Å². The number of halogens is 1. The Morgan fingerprint density at radius 2 is 1.61 bits per heavy atom. The minimum Gasteiger partial charge on any atom is -0.352 e. The molecule has 7 heteroatoms. The van der Waals surface area contributed by atoms with Crippen molar-refractivity contribution in [1.29, 1.82) is 0 Å². The number of hydrogen-bond acceptors (Lipinski definition) is 3. The van der Waals surface area contributed by atoms with Crippen LogP contribution in [0.1, 0.15) is 68.9 Å². The number of guanidine groups is 1. The monoisotopic (exact) mass is 567 g/mol. The second-order valence-corrected chi connectivity index (χ2v) is 9.83. The number of nitrogens with one attached hydrogen (secondary N) is 2. The van der Waals surface area contributed by atoms with Crippen molar-refractivity contribution in [3.8, 4) is 0 Å². The molecule has 1 aromatic carbocycles. The fourth-order valence-electron chi connectivity index (χ4n) is 5.40. The number of benzene rings is 1. The molecule has 3 aliphatic rings. The van der Waals surface area contributed by atoms with Crippen LogP contribution < -0.4 is 10.6 Å². The topological polar surface area (TPSA) is 60.0 Å². The van der Waals surface area contributed by atoms with E-state index in [1.807, 2.05) is 7.05 Å². The number of rotatable bonds is 6. The molecule has 0 radical (unpaired) electrons. The van der Waals surface area contributed by atoms with Crippen molar-refractivity contribution in [3.05, 3.63) is 35.4 Å². The molecule has 1 aromatic rings. The van der Waals surface area contributed by atoms with E-state index in [4.69, 9.17) is 0 Å². The molecule has 1 amide bonds. The van der Waals surface area contributed by atoms with E-state index in [2.05, 4.69) is 49.7 Å². The standard InChI is InChI=1S/C26H41N5O.HI/c1-27-26(29-24-14-17-31(20-24)25(32)23-8-4-2-5-9-23)28-18-21-10-12-22(13-11-21)19-30-15-6-3-7-16-30;/h10-13,23-24H,2-9,14-20H2,1H3,(H2,27,28,29);1H. The largest absolute Gasteiger partial charge is 0.352 e. The molecule has 2 heterocycles. The number of piperidine rings is 1. The van der Waals surface area contributed by atoms with Crippen LogP contribution in [0, 0.1) is 5.92 Å². The predicted molar refractivity (Wildman–Crippen MR) is 146 cm³/mol. The van der Waals surface area contributed by atoms with E-state index in [-0.39, 0.29) is 35.9 Å². The van der Waals surface area contributed by atoms with Crippen LogP contribution in [-0.4, -0.2) is 60.9 Å². The van der Waals surface area contributed by atoms with E-state index in [0.29, 0.717) is 5.91 Å². The van der Waals surface area contributed by atoms with Crippen molar-refractivity contribution >= 4 is 35.8 Å². The molecule has 33 heavy (non-hydrogen) atoms. The summed E-state index contributed by atoms with van der Waals surface area (Å²) >= 11 is 0. The van der Waals surface area contributed by atoms with Gasteiger partial charge in [-0.3, -0.25) is 14.7 Å². The zero-order valence-electron chi connectivity index (χ0n) is 20.2. The summed E-state index contributed by atoms with van der Waals surface area (Å²) in [6.07, 6.45) is 10.9. The second-order valence-electron chi connectivity index (χ2n) is 9.83. The maximum Gasteiger partial charge on any atom is 0.225 e. The lowest BCUT2D eigenvalue weighted by molar-refractivity contribution is -0.135. The summed E-state index contributed by atoms with van der Waals surface area (Å²) in [6, 6.07) is 9.24. The molecular formula is C26H42IN5O. The van der Waals surface area contributed by atoms with E-state index in [1.54, 1.807) is 0 Å². The van der Waals surface area contributed by atoms with Crippen LogP contribution in [0.3, 0.4) is 0 Å². The van der Waals surface area contributed by atoms with Gasteiger partial charge in [-0.2, -0.15) is 0 Å². The lowest BCUT2D eigenvalue weighted by Crippen LogP contribution is -2.45. The summed E-state index contributed by atoms with van der Waals surface area (Å²) in [4.78, 5) is 21.9. The normalized spacial score (nSPS) is 22.6. The highest BCUT2D eigenvalue weighted by atomic mass is 127. The smallest absolute Gasteiger partial charge is 0.225 e. The lowest BCUT2D eigenvalue weighted by atomic mass is 9.88. The van der Waals surface area contributed by atoms with Crippen LogP contribution in [0.15, 0.2) is 29.3 Å². The van der Waals surface area contributed by atoms with Crippen LogP contribution in [0.2, 0.25) is 0 Å². The Morgan fingerprint density at radius 1 is 0.939 bits per heavy atom. The molecule has 2 N–H and O–H groups in total. The zero-order valence-corrected chi connectivity index (χ0v) is 22.6. The Kier molecular flexibility index (Phi) is 10.8. The van der Waals surface area contributed by atoms with Gasteiger partial charge in [-0.25, -0.2) is 0 Å².